The summed E-state index contributed by atoms with van der Waals surface area (Å²) in [5.41, 5.74) is 1.40. The van der Waals surface area contributed by atoms with Crippen LogP contribution < -0.4 is 10.2 Å². The number of nitrogens with zero attached hydrogens (tertiary/aromatic N) is 1. The Labute approximate surface area is 129 Å². The van der Waals surface area contributed by atoms with Gasteiger partial charge in [-0.1, -0.05) is 30.3 Å². The highest BCUT2D eigenvalue weighted by Gasteiger charge is 2.18. The van der Waals surface area contributed by atoms with E-state index in [1.165, 1.54) is 12.1 Å². The fraction of sp³-hybridized carbons (Fsp3) is 0.235. The number of amides is 1. The van der Waals surface area contributed by atoms with E-state index in [1.807, 2.05) is 18.2 Å². The molecule has 22 heavy (non-hydrogen) atoms. The van der Waals surface area contributed by atoms with Crippen LogP contribution in [0.25, 0.3) is 0 Å². The Bertz CT molecular complexity index is 644. The van der Waals surface area contributed by atoms with Crippen LogP contribution in [0.2, 0.25) is 0 Å². The lowest BCUT2D eigenvalue weighted by Gasteiger charge is -2.18. The molecule has 0 radical (unpaired) electrons. The van der Waals surface area contributed by atoms with Crippen molar-refractivity contribution in [3.8, 4) is 0 Å². The SMILES string of the molecule is CN(C)c1ccc(C(=O)N[C@@H](CO)c2ccccc2)c(F)c1. The van der Waals surface area contributed by atoms with Gasteiger partial charge >= 0.3 is 0 Å². The van der Waals surface area contributed by atoms with Crippen molar-refractivity contribution >= 4 is 11.6 Å². The van der Waals surface area contributed by atoms with E-state index < -0.39 is 17.8 Å². The maximum atomic E-state index is 14.1. The lowest BCUT2D eigenvalue weighted by atomic mass is 10.1. The summed E-state index contributed by atoms with van der Waals surface area (Å²) < 4.78 is 14.1. The number of carbonyl (C=O) groups excluding carboxylic acids is 1. The van der Waals surface area contributed by atoms with Crippen LogP contribution in [0.1, 0.15) is 22.0 Å². The molecule has 1 atom stereocenters. The van der Waals surface area contributed by atoms with Gasteiger partial charge in [0.1, 0.15) is 5.82 Å². The summed E-state index contributed by atoms with van der Waals surface area (Å²) >= 11 is 0. The van der Waals surface area contributed by atoms with Gasteiger partial charge in [-0.3, -0.25) is 4.79 Å². The number of aliphatic hydroxyl groups is 1. The second kappa shape index (κ2) is 7.04. The average molecular weight is 302 g/mol. The van der Waals surface area contributed by atoms with Crippen molar-refractivity contribution in [2.75, 3.05) is 25.6 Å². The second-order valence-corrected chi connectivity index (χ2v) is 5.18. The van der Waals surface area contributed by atoms with Crippen molar-refractivity contribution in [3.05, 3.63) is 65.5 Å². The summed E-state index contributed by atoms with van der Waals surface area (Å²) in [5.74, 6) is -1.14. The molecular formula is C17H19FN2O2. The number of nitrogens with one attached hydrogen (secondary N) is 1. The van der Waals surface area contributed by atoms with Crippen LogP contribution in [0.15, 0.2) is 48.5 Å². The standard InChI is InChI=1S/C17H19FN2O2/c1-20(2)13-8-9-14(15(18)10-13)17(22)19-16(11-21)12-6-4-3-5-7-12/h3-10,16,21H,11H2,1-2H3,(H,19,22)/t16-/m0/s1. The lowest BCUT2D eigenvalue weighted by molar-refractivity contribution is 0.0912. The van der Waals surface area contributed by atoms with Gasteiger partial charge in [0.15, 0.2) is 0 Å². The molecular weight excluding hydrogens is 283 g/mol. The molecule has 2 rings (SSSR count). The van der Waals surface area contributed by atoms with Gasteiger partial charge < -0.3 is 15.3 Å². The van der Waals surface area contributed by atoms with Gasteiger partial charge in [-0.15, -0.1) is 0 Å². The Kier molecular flexibility index (Phi) is 5.12. The zero-order valence-electron chi connectivity index (χ0n) is 12.6. The first kappa shape index (κ1) is 16.0. The van der Waals surface area contributed by atoms with Crippen LogP contribution in [-0.2, 0) is 0 Å². The van der Waals surface area contributed by atoms with Crippen LogP contribution in [0.5, 0.6) is 0 Å². The van der Waals surface area contributed by atoms with Crippen LogP contribution in [0.3, 0.4) is 0 Å². The first-order valence-corrected chi connectivity index (χ1v) is 6.96. The first-order chi connectivity index (χ1) is 10.5. The molecule has 4 nitrogen and oxygen atoms in total. The molecule has 2 aromatic carbocycles. The first-order valence-electron chi connectivity index (χ1n) is 6.96. The zero-order valence-corrected chi connectivity index (χ0v) is 12.6. The second-order valence-electron chi connectivity index (χ2n) is 5.18. The molecule has 0 saturated carbocycles. The number of hydrogen-bond donors (Lipinski definition) is 2. The molecule has 2 aromatic rings. The highest BCUT2D eigenvalue weighted by atomic mass is 19.1. The van der Waals surface area contributed by atoms with Gasteiger partial charge in [0.05, 0.1) is 18.2 Å². The Balaban J connectivity index is 2.18. The summed E-state index contributed by atoms with van der Waals surface area (Å²) in [6.07, 6.45) is 0. The van der Waals surface area contributed by atoms with Crippen LogP contribution in [0, 0.1) is 5.82 Å². The minimum absolute atomic E-state index is 0.0417. The van der Waals surface area contributed by atoms with Crippen molar-refractivity contribution < 1.29 is 14.3 Å². The molecule has 0 aliphatic rings. The van der Waals surface area contributed by atoms with E-state index in [1.54, 1.807) is 37.2 Å². The van der Waals surface area contributed by atoms with Gasteiger partial charge in [-0.05, 0) is 23.8 Å². The summed E-state index contributed by atoms with van der Waals surface area (Å²) in [7, 11) is 3.59. The molecule has 0 saturated heterocycles. The highest BCUT2D eigenvalue weighted by Crippen LogP contribution is 2.18. The summed E-state index contributed by atoms with van der Waals surface area (Å²) in [5, 5.41) is 12.1. The van der Waals surface area contributed by atoms with Crippen LogP contribution in [0.4, 0.5) is 10.1 Å². The van der Waals surface area contributed by atoms with Crippen molar-refractivity contribution in [1.82, 2.24) is 5.32 Å². The lowest BCUT2D eigenvalue weighted by Crippen LogP contribution is -2.31. The third kappa shape index (κ3) is 3.62. The van der Waals surface area contributed by atoms with E-state index in [-0.39, 0.29) is 12.2 Å². The molecule has 0 bridgehead atoms. The molecule has 116 valence electrons. The molecule has 0 fully saturated rings. The largest absolute Gasteiger partial charge is 0.394 e. The number of halogens is 1. The predicted octanol–water partition coefficient (Wildman–Crippen LogP) is 2.36. The molecule has 5 heteroatoms. The number of hydrogen-bond acceptors (Lipinski definition) is 3. The van der Waals surface area contributed by atoms with E-state index in [9.17, 15) is 14.3 Å². The highest BCUT2D eigenvalue weighted by molar-refractivity contribution is 5.95. The maximum Gasteiger partial charge on any atom is 0.254 e. The Morgan fingerprint density at radius 3 is 2.45 bits per heavy atom. The molecule has 0 aliphatic heterocycles. The Morgan fingerprint density at radius 2 is 1.91 bits per heavy atom. The predicted molar refractivity (Wildman–Crippen MR) is 84.5 cm³/mol. The van der Waals surface area contributed by atoms with E-state index in [0.29, 0.717) is 5.69 Å². The van der Waals surface area contributed by atoms with Gasteiger partial charge in [0.25, 0.3) is 5.91 Å². The van der Waals surface area contributed by atoms with E-state index in [0.717, 1.165) is 5.56 Å². The summed E-state index contributed by atoms with van der Waals surface area (Å²) in [6.45, 7) is -0.257. The Morgan fingerprint density at radius 1 is 1.23 bits per heavy atom. The van der Waals surface area contributed by atoms with Gasteiger partial charge in [0.2, 0.25) is 0 Å². The van der Waals surface area contributed by atoms with Crippen molar-refractivity contribution in [3.63, 3.8) is 0 Å². The summed E-state index contributed by atoms with van der Waals surface area (Å²) in [4.78, 5) is 14.0. The number of carbonyl (C=O) groups is 1. The molecule has 1 amide bonds. The van der Waals surface area contributed by atoms with Gasteiger partial charge in [-0.2, -0.15) is 0 Å². The normalized spacial score (nSPS) is 11.8. The average Bonchev–Trinajstić information content (AvgIpc) is 2.53. The number of benzene rings is 2. The van der Waals surface area contributed by atoms with Crippen molar-refractivity contribution in [2.45, 2.75) is 6.04 Å². The molecule has 0 heterocycles. The number of anilines is 1. The quantitative estimate of drug-likeness (QED) is 0.891. The molecule has 0 unspecified atom stereocenters. The number of rotatable bonds is 5. The van der Waals surface area contributed by atoms with E-state index in [2.05, 4.69) is 5.32 Å². The van der Waals surface area contributed by atoms with Crippen molar-refractivity contribution in [1.29, 1.82) is 0 Å². The molecule has 2 N–H and O–H groups in total. The van der Waals surface area contributed by atoms with E-state index in [4.69, 9.17) is 0 Å². The van der Waals surface area contributed by atoms with Gasteiger partial charge in [-0.25, -0.2) is 4.39 Å². The van der Waals surface area contributed by atoms with Gasteiger partial charge in [0, 0.05) is 19.8 Å². The zero-order chi connectivity index (χ0) is 16.1. The van der Waals surface area contributed by atoms with Crippen molar-refractivity contribution in [2.24, 2.45) is 0 Å². The Hall–Kier alpha value is -2.40. The van der Waals surface area contributed by atoms with E-state index >= 15 is 0 Å². The number of aliphatic hydroxyl groups excluding tert-OH is 1. The topological polar surface area (TPSA) is 52.6 Å². The summed E-state index contributed by atoms with van der Waals surface area (Å²) in [6, 6.07) is 12.9. The monoisotopic (exact) mass is 302 g/mol. The third-order valence-corrected chi connectivity index (χ3v) is 3.40. The minimum atomic E-state index is -0.589. The fourth-order valence-corrected chi connectivity index (χ4v) is 2.12. The molecule has 0 aromatic heterocycles. The third-order valence-electron chi connectivity index (χ3n) is 3.40. The minimum Gasteiger partial charge on any atom is -0.394 e. The fourth-order valence-electron chi connectivity index (χ4n) is 2.12. The molecule has 0 aliphatic carbocycles. The smallest absolute Gasteiger partial charge is 0.254 e. The van der Waals surface area contributed by atoms with Crippen LogP contribution >= 0.6 is 0 Å². The maximum absolute atomic E-state index is 14.1. The van der Waals surface area contributed by atoms with Crippen LogP contribution in [-0.4, -0.2) is 31.7 Å². The molecule has 0 spiro atoms.